The van der Waals surface area contributed by atoms with Crippen molar-refractivity contribution in [1.82, 2.24) is 9.78 Å². The molecule has 0 aliphatic rings. The van der Waals surface area contributed by atoms with E-state index in [0.29, 0.717) is 12.5 Å². The van der Waals surface area contributed by atoms with Crippen molar-refractivity contribution in [1.29, 1.82) is 0 Å². The van der Waals surface area contributed by atoms with E-state index in [9.17, 15) is 0 Å². The Balaban J connectivity index is 1.81. The number of nitrogens with one attached hydrogen (secondary N) is 1. The van der Waals surface area contributed by atoms with E-state index >= 15 is 0 Å². The van der Waals surface area contributed by atoms with Gasteiger partial charge in [0, 0.05) is 24.5 Å². The van der Waals surface area contributed by atoms with E-state index in [1.807, 2.05) is 23.7 Å². The van der Waals surface area contributed by atoms with Gasteiger partial charge in [0.15, 0.2) is 5.96 Å². The molecule has 118 valence electrons. The summed E-state index contributed by atoms with van der Waals surface area (Å²) >= 11 is 0. The van der Waals surface area contributed by atoms with Crippen LogP contribution in [0.5, 0.6) is 0 Å². The number of aliphatic imine (C=N–C) groups is 1. The Morgan fingerprint density at radius 2 is 2.14 bits per heavy atom. The summed E-state index contributed by atoms with van der Waals surface area (Å²) in [6.45, 7) is 7.76. The van der Waals surface area contributed by atoms with Crippen LogP contribution in [-0.4, -0.2) is 22.3 Å². The molecule has 1 aromatic carbocycles. The van der Waals surface area contributed by atoms with Gasteiger partial charge in [0.1, 0.15) is 0 Å². The Hall–Kier alpha value is -2.30. The summed E-state index contributed by atoms with van der Waals surface area (Å²) in [5, 5.41) is 7.57. The topological polar surface area (TPSA) is 68.2 Å². The molecular formula is C17H25N5. The Kier molecular flexibility index (Phi) is 5.58. The fourth-order valence-corrected chi connectivity index (χ4v) is 2.38. The number of aryl methyl sites for hydroxylation is 4. The largest absolute Gasteiger partial charge is 0.370 e. The summed E-state index contributed by atoms with van der Waals surface area (Å²) in [6, 6.07) is 10.3. The molecule has 5 nitrogen and oxygen atoms in total. The third-order valence-corrected chi connectivity index (χ3v) is 3.52. The molecule has 0 radical (unpaired) electrons. The Labute approximate surface area is 132 Å². The third-order valence-electron chi connectivity index (χ3n) is 3.52. The molecule has 0 bridgehead atoms. The summed E-state index contributed by atoms with van der Waals surface area (Å²) in [7, 11) is 0. The predicted octanol–water partition coefficient (Wildman–Crippen LogP) is 2.88. The zero-order valence-electron chi connectivity index (χ0n) is 13.6. The van der Waals surface area contributed by atoms with Crippen molar-refractivity contribution in [3.63, 3.8) is 0 Å². The second kappa shape index (κ2) is 7.64. The number of aromatic nitrogens is 2. The SMILES string of the molecule is CCc1cccc(NC(N)=NCCCn2nc(C)cc2C)c1. The van der Waals surface area contributed by atoms with E-state index in [4.69, 9.17) is 5.73 Å². The summed E-state index contributed by atoms with van der Waals surface area (Å²) in [5.74, 6) is 0.460. The number of nitrogens with two attached hydrogens (primary N) is 1. The van der Waals surface area contributed by atoms with Gasteiger partial charge in [-0.3, -0.25) is 9.67 Å². The zero-order valence-corrected chi connectivity index (χ0v) is 13.6. The Morgan fingerprint density at radius 3 is 2.82 bits per heavy atom. The summed E-state index contributed by atoms with van der Waals surface area (Å²) < 4.78 is 2.01. The quantitative estimate of drug-likeness (QED) is 0.489. The molecule has 5 heteroatoms. The number of hydrogen-bond donors (Lipinski definition) is 2. The lowest BCUT2D eigenvalue weighted by molar-refractivity contribution is 0.568. The van der Waals surface area contributed by atoms with Gasteiger partial charge in [0.05, 0.1) is 5.69 Å². The van der Waals surface area contributed by atoms with Crippen LogP contribution in [0.15, 0.2) is 35.3 Å². The van der Waals surface area contributed by atoms with Gasteiger partial charge in [-0.2, -0.15) is 5.10 Å². The highest BCUT2D eigenvalue weighted by Gasteiger charge is 2.00. The first-order valence-corrected chi connectivity index (χ1v) is 7.75. The summed E-state index contributed by atoms with van der Waals surface area (Å²) in [4.78, 5) is 4.37. The van der Waals surface area contributed by atoms with Crippen molar-refractivity contribution in [3.8, 4) is 0 Å². The summed E-state index contributed by atoms with van der Waals surface area (Å²) in [6.07, 6.45) is 1.93. The van der Waals surface area contributed by atoms with Crippen LogP contribution in [-0.2, 0) is 13.0 Å². The highest BCUT2D eigenvalue weighted by atomic mass is 15.3. The maximum Gasteiger partial charge on any atom is 0.193 e. The molecule has 0 saturated carbocycles. The molecule has 1 heterocycles. The number of guanidine groups is 1. The van der Waals surface area contributed by atoms with Crippen molar-refractivity contribution < 1.29 is 0 Å². The lowest BCUT2D eigenvalue weighted by Crippen LogP contribution is -2.23. The van der Waals surface area contributed by atoms with E-state index in [2.05, 4.69) is 47.5 Å². The van der Waals surface area contributed by atoms with Gasteiger partial charge in [0.25, 0.3) is 0 Å². The molecule has 0 aliphatic heterocycles. The third kappa shape index (κ3) is 4.62. The van der Waals surface area contributed by atoms with E-state index < -0.39 is 0 Å². The molecule has 0 spiro atoms. The molecule has 0 aliphatic carbocycles. The first-order valence-electron chi connectivity index (χ1n) is 7.75. The van der Waals surface area contributed by atoms with Gasteiger partial charge in [-0.05, 0) is 50.5 Å². The fourth-order valence-electron chi connectivity index (χ4n) is 2.38. The number of anilines is 1. The van der Waals surface area contributed by atoms with Gasteiger partial charge in [-0.15, -0.1) is 0 Å². The maximum atomic E-state index is 5.93. The van der Waals surface area contributed by atoms with Crippen molar-refractivity contribution >= 4 is 11.6 Å². The van der Waals surface area contributed by atoms with Crippen LogP contribution in [0.4, 0.5) is 5.69 Å². The number of benzene rings is 1. The molecule has 0 amide bonds. The van der Waals surface area contributed by atoms with Crippen LogP contribution in [0.2, 0.25) is 0 Å². The molecular weight excluding hydrogens is 274 g/mol. The van der Waals surface area contributed by atoms with Gasteiger partial charge >= 0.3 is 0 Å². The van der Waals surface area contributed by atoms with Gasteiger partial charge in [-0.1, -0.05) is 19.1 Å². The monoisotopic (exact) mass is 299 g/mol. The number of nitrogens with zero attached hydrogens (tertiary/aromatic N) is 3. The van der Waals surface area contributed by atoms with Crippen molar-refractivity contribution in [2.75, 3.05) is 11.9 Å². The smallest absolute Gasteiger partial charge is 0.193 e. The molecule has 0 atom stereocenters. The second-order valence-electron chi connectivity index (χ2n) is 5.45. The predicted molar refractivity (Wildman–Crippen MR) is 92.3 cm³/mol. The minimum atomic E-state index is 0.460. The minimum Gasteiger partial charge on any atom is -0.370 e. The Morgan fingerprint density at radius 1 is 1.32 bits per heavy atom. The average Bonchev–Trinajstić information content (AvgIpc) is 2.82. The van der Waals surface area contributed by atoms with Gasteiger partial charge in [0.2, 0.25) is 0 Å². The maximum absolute atomic E-state index is 5.93. The molecule has 0 unspecified atom stereocenters. The minimum absolute atomic E-state index is 0.460. The van der Waals surface area contributed by atoms with Crippen LogP contribution in [0.1, 0.15) is 30.3 Å². The van der Waals surface area contributed by atoms with Crippen molar-refractivity contribution in [3.05, 3.63) is 47.3 Å². The van der Waals surface area contributed by atoms with Gasteiger partial charge in [-0.25, -0.2) is 0 Å². The molecule has 0 saturated heterocycles. The first kappa shape index (κ1) is 16.1. The van der Waals surface area contributed by atoms with Crippen molar-refractivity contribution in [2.24, 2.45) is 10.7 Å². The molecule has 0 fully saturated rings. The second-order valence-corrected chi connectivity index (χ2v) is 5.45. The van der Waals surface area contributed by atoms with Crippen LogP contribution < -0.4 is 11.1 Å². The number of hydrogen-bond acceptors (Lipinski definition) is 2. The Bertz CT molecular complexity index is 642. The average molecular weight is 299 g/mol. The van der Waals surface area contributed by atoms with Crippen molar-refractivity contribution in [2.45, 2.75) is 40.2 Å². The molecule has 1 aromatic heterocycles. The standard InChI is InChI=1S/C17H25N5/c1-4-15-7-5-8-16(12-15)20-17(18)19-9-6-10-22-14(3)11-13(2)21-22/h5,7-8,11-12H,4,6,9-10H2,1-3H3,(H3,18,19,20). The highest BCUT2D eigenvalue weighted by Crippen LogP contribution is 2.10. The van der Waals surface area contributed by atoms with Gasteiger partial charge < -0.3 is 11.1 Å². The molecule has 22 heavy (non-hydrogen) atoms. The number of rotatable bonds is 6. The van der Waals surface area contributed by atoms with Crippen LogP contribution >= 0.6 is 0 Å². The van der Waals surface area contributed by atoms with E-state index in [1.54, 1.807) is 0 Å². The molecule has 2 rings (SSSR count). The highest BCUT2D eigenvalue weighted by molar-refractivity contribution is 5.92. The van der Waals surface area contributed by atoms with Crippen LogP contribution in [0.3, 0.4) is 0 Å². The van der Waals surface area contributed by atoms with E-state index in [0.717, 1.165) is 30.8 Å². The fraction of sp³-hybridized carbons (Fsp3) is 0.412. The van der Waals surface area contributed by atoms with Crippen LogP contribution in [0, 0.1) is 13.8 Å². The van der Waals surface area contributed by atoms with E-state index in [-0.39, 0.29) is 0 Å². The molecule has 2 aromatic rings. The lowest BCUT2D eigenvalue weighted by Gasteiger charge is -2.07. The first-order chi connectivity index (χ1) is 10.6. The summed E-state index contributed by atoms with van der Waals surface area (Å²) in [5.41, 5.74) is 10.4. The lowest BCUT2D eigenvalue weighted by atomic mass is 10.1. The van der Waals surface area contributed by atoms with E-state index in [1.165, 1.54) is 11.3 Å². The normalized spacial score (nSPS) is 11.7. The molecule has 3 N–H and O–H groups in total. The zero-order chi connectivity index (χ0) is 15.9. The van der Waals surface area contributed by atoms with Crippen LogP contribution in [0.25, 0.3) is 0 Å².